The molecule has 0 saturated heterocycles. The standard InChI is InChI=1S/C6H12N4/c1-8-6(9-2)10-5-3-4-7/h3,5H2,1-2H3,(H2,8,9,10). The van der Waals surface area contributed by atoms with E-state index < -0.39 is 0 Å². The SMILES string of the molecule is CN=C(NC)NCCC#N. The predicted molar refractivity (Wildman–Crippen MR) is 40.7 cm³/mol. The molecule has 4 nitrogen and oxygen atoms in total. The highest BCUT2D eigenvalue weighted by molar-refractivity contribution is 5.79. The highest BCUT2D eigenvalue weighted by Gasteiger charge is 1.88. The van der Waals surface area contributed by atoms with Crippen LogP contribution in [-0.2, 0) is 0 Å². The fourth-order valence-corrected chi connectivity index (χ4v) is 0.516. The van der Waals surface area contributed by atoms with Crippen molar-refractivity contribution in [1.82, 2.24) is 10.6 Å². The van der Waals surface area contributed by atoms with Gasteiger partial charge in [0.1, 0.15) is 0 Å². The van der Waals surface area contributed by atoms with Gasteiger partial charge in [0.25, 0.3) is 0 Å². The van der Waals surface area contributed by atoms with Crippen molar-refractivity contribution in [2.24, 2.45) is 4.99 Å². The lowest BCUT2D eigenvalue weighted by atomic mass is 10.5. The van der Waals surface area contributed by atoms with E-state index in [1.807, 2.05) is 6.07 Å². The van der Waals surface area contributed by atoms with Crippen molar-refractivity contribution < 1.29 is 0 Å². The van der Waals surface area contributed by atoms with Crippen LogP contribution in [0.3, 0.4) is 0 Å². The van der Waals surface area contributed by atoms with Crippen LogP contribution in [0, 0.1) is 11.3 Å². The van der Waals surface area contributed by atoms with Gasteiger partial charge in [0.15, 0.2) is 5.96 Å². The summed E-state index contributed by atoms with van der Waals surface area (Å²) < 4.78 is 0. The molecule has 0 unspecified atom stereocenters. The van der Waals surface area contributed by atoms with E-state index in [1.165, 1.54) is 0 Å². The molecule has 10 heavy (non-hydrogen) atoms. The Hall–Kier alpha value is -1.24. The van der Waals surface area contributed by atoms with Crippen LogP contribution in [-0.4, -0.2) is 26.6 Å². The third kappa shape index (κ3) is 3.72. The number of nitrogens with zero attached hydrogens (tertiary/aromatic N) is 2. The quantitative estimate of drug-likeness (QED) is 0.314. The Labute approximate surface area is 61.0 Å². The molecule has 0 atom stereocenters. The van der Waals surface area contributed by atoms with Crippen LogP contribution in [0.15, 0.2) is 4.99 Å². The molecular formula is C6H12N4. The van der Waals surface area contributed by atoms with Crippen molar-refractivity contribution in [3.8, 4) is 6.07 Å². The van der Waals surface area contributed by atoms with Crippen LogP contribution < -0.4 is 10.6 Å². The molecular weight excluding hydrogens is 128 g/mol. The topological polar surface area (TPSA) is 60.2 Å². The molecule has 0 bridgehead atoms. The summed E-state index contributed by atoms with van der Waals surface area (Å²) in [5.41, 5.74) is 0. The smallest absolute Gasteiger partial charge is 0.190 e. The van der Waals surface area contributed by atoms with Crippen molar-refractivity contribution >= 4 is 5.96 Å². The lowest BCUT2D eigenvalue weighted by molar-refractivity contribution is 0.857. The maximum Gasteiger partial charge on any atom is 0.190 e. The van der Waals surface area contributed by atoms with Crippen LogP contribution in [0.1, 0.15) is 6.42 Å². The number of rotatable bonds is 2. The Kier molecular flexibility index (Phi) is 5.16. The first-order valence-corrected chi connectivity index (χ1v) is 3.10. The summed E-state index contributed by atoms with van der Waals surface area (Å²) in [6, 6.07) is 2.03. The lowest BCUT2D eigenvalue weighted by Crippen LogP contribution is -2.34. The minimum atomic E-state index is 0.501. The molecule has 2 N–H and O–H groups in total. The van der Waals surface area contributed by atoms with Crippen molar-refractivity contribution in [1.29, 1.82) is 5.26 Å². The highest BCUT2D eigenvalue weighted by atomic mass is 15.1. The van der Waals surface area contributed by atoms with E-state index in [1.54, 1.807) is 14.1 Å². The van der Waals surface area contributed by atoms with E-state index >= 15 is 0 Å². The summed E-state index contributed by atoms with van der Waals surface area (Å²) in [5.74, 6) is 0.718. The molecule has 0 aromatic rings. The minimum Gasteiger partial charge on any atom is -0.359 e. The van der Waals surface area contributed by atoms with Gasteiger partial charge in [0.2, 0.25) is 0 Å². The average molecular weight is 140 g/mol. The van der Waals surface area contributed by atoms with Crippen LogP contribution >= 0.6 is 0 Å². The van der Waals surface area contributed by atoms with Crippen molar-refractivity contribution in [2.45, 2.75) is 6.42 Å². The fourth-order valence-electron chi connectivity index (χ4n) is 0.516. The zero-order valence-corrected chi connectivity index (χ0v) is 6.31. The zero-order chi connectivity index (χ0) is 7.82. The van der Waals surface area contributed by atoms with Crippen molar-refractivity contribution in [3.63, 3.8) is 0 Å². The minimum absolute atomic E-state index is 0.501. The van der Waals surface area contributed by atoms with Gasteiger partial charge in [0, 0.05) is 20.6 Å². The van der Waals surface area contributed by atoms with Crippen molar-refractivity contribution in [3.05, 3.63) is 0 Å². The van der Waals surface area contributed by atoms with Gasteiger partial charge in [-0.15, -0.1) is 0 Å². The number of hydrogen-bond acceptors (Lipinski definition) is 2. The third-order valence-electron chi connectivity index (χ3n) is 0.990. The first-order chi connectivity index (χ1) is 4.85. The Morgan fingerprint density at radius 2 is 2.40 bits per heavy atom. The Bertz CT molecular complexity index is 144. The summed E-state index contributed by atoms with van der Waals surface area (Å²) in [7, 11) is 3.47. The van der Waals surface area contributed by atoms with E-state index in [0.717, 1.165) is 5.96 Å². The van der Waals surface area contributed by atoms with E-state index in [0.29, 0.717) is 13.0 Å². The maximum atomic E-state index is 8.17. The Morgan fingerprint density at radius 1 is 1.70 bits per heavy atom. The van der Waals surface area contributed by atoms with Crippen LogP contribution in [0.5, 0.6) is 0 Å². The zero-order valence-electron chi connectivity index (χ0n) is 6.31. The first-order valence-electron chi connectivity index (χ1n) is 3.10. The lowest BCUT2D eigenvalue weighted by Gasteiger charge is -2.04. The van der Waals surface area contributed by atoms with Crippen LogP contribution in [0.4, 0.5) is 0 Å². The highest BCUT2D eigenvalue weighted by Crippen LogP contribution is 1.70. The molecule has 0 aromatic heterocycles. The van der Waals surface area contributed by atoms with Gasteiger partial charge >= 0.3 is 0 Å². The molecule has 0 aromatic carbocycles. The predicted octanol–water partition coefficient (Wildman–Crippen LogP) is -0.305. The van der Waals surface area contributed by atoms with E-state index in [2.05, 4.69) is 15.6 Å². The molecule has 0 spiro atoms. The molecule has 0 aliphatic rings. The molecule has 0 saturated carbocycles. The van der Waals surface area contributed by atoms with Gasteiger partial charge in [-0.2, -0.15) is 5.26 Å². The number of guanidine groups is 1. The molecule has 0 radical (unpaired) electrons. The van der Waals surface area contributed by atoms with Crippen LogP contribution in [0.25, 0.3) is 0 Å². The van der Waals surface area contributed by atoms with Gasteiger partial charge in [-0.3, -0.25) is 4.99 Å². The van der Waals surface area contributed by atoms with Gasteiger partial charge in [-0.1, -0.05) is 0 Å². The number of nitrogens with one attached hydrogen (secondary N) is 2. The summed E-state index contributed by atoms with van der Waals surface area (Å²) in [6.07, 6.45) is 0.501. The first kappa shape index (κ1) is 8.76. The normalized spacial score (nSPS) is 10.3. The second-order valence-corrected chi connectivity index (χ2v) is 1.66. The van der Waals surface area contributed by atoms with E-state index in [-0.39, 0.29) is 0 Å². The van der Waals surface area contributed by atoms with E-state index in [4.69, 9.17) is 5.26 Å². The molecule has 0 rings (SSSR count). The maximum absolute atomic E-state index is 8.17. The summed E-state index contributed by atoms with van der Waals surface area (Å²) in [4.78, 5) is 3.86. The molecule has 4 heteroatoms. The van der Waals surface area contributed by atoms with Gasteiger partial charge in [0.05, 0.1) is 12.5 Å². The third-order valence-corrected chi connectivity index (χ3v) is 0.990. The molecule has 0 aliphatic heterocycles. The number of hydrogen-bond donors (Lipinski definition) is 2. The van der Waals surface area contributed by atoms with E-state index in [9.17, 15) is 0 Å². The van der Waals surface area contributed by atoms with Gasteiger partial charge < -0.3 is 10.6 Å². The second kappa shape index (κ2) is 5.89. The number of aliphatic imine (C=N–C) groups is 1. The van der Waals surface area contributed by atoms with Gasteiger partial charge in [-0.05, 0) is 0 Å². The molecule has 0 aliphatic carbocycles. The fraction of sp³-hybridized carbons (Fsp3) is 0.667. The average Bonchev–Trinajstić information content (AvgIpc) is 1.99. The molecule has 0 fully saturated rings. The summed E-state index contributed by atoms with van der Waals surface area (Å²) in [5, 5.41) is 14.0. The summed E-state index contributed by atoms with van der Waals surface area (Å²) in [6.45, 7) is 0.643. The largest absolute Gasteiger partial charge is 0.359 e. The number of nitriles is 1. The molecule has 56 valence electrons. The van der Waals surface area contributed by atoms with Gasteiger partial charge in [-0.25, -0.2) is 0 Å². The van der Waals surface area contributed by atoms with Crippen molar-refractivity contribution in [2.75, 3.05) is 20.6 Å². The summed E-state index contributed by atoms with van der Waals surface area (Å²) >= 11 is 0. The Morgan fingerprint density at radius 3 is 2.80 bits per heavy atom. The Balaban J connectivity index is 3.39. The molecule has 0 heterocycles. The monoisotopic (exact) mass is 140 g/mol. The second-order valence-electron chi connectivity index (χ2n) is 1.66. The van der Waals surface area contributed by atoms with Crippen LogP contribution in [0.2, 0.25) is 0 Å². The molecule has 0 amide bonds.